The van der Waals surface area contributed by atoms with Crippen molar-refractivity contribution in [2.45, 2.75) is 39.8 Å². The molecule has 0 rings (SSSR count). The van der Waals surface area contributed by atoms with Crippen LogP contribution in [0, 0.1) is 12.3 Å². The summed E-state index contributed by atoms with van der Waals surface area (Å²) in [7, 11) is 0. The predicted octanol–water partition coefficient (Wildman–Crippen LogP) is 1.63. The number of ether oxygens (including phenoxy) is 1. The summed E-state index contributed by atoms with van der Waals surface area (Å²) in [6, 6.07) is 0. The van der Waals surface area contributed by atoms with Gasteiger partial charge in [-0.25, -0.2) is 0 Å². The summed E-state index contributed by atoms with van der Waals surface area (Å²) in [5.74, 6) is 2.25. The normalized spacial score (nSPS) is 14.6. The highest BCUT2D eigenvalue weighted by Gasteiger charge is 2.32. The molecule has 14 heavy (non-hydrogen) atoms. The first-order valence-corrected chi connectivity index (χ1v) is 4.88. The van der Waals surface area contributed by atoms with E-state index in [1.54, 1.807) is 0 Å². The van der Waals surface area contributed by atoms with Crippen molar-refractivity contribution >= 4 is 5.97 Å². The fourth-order valence-electron chi connectivity index (χ4n) is 1.60. The van der Waals surface area contributed by atoms with E-state index in [9.17, 15) is 4.79 Å². The van der Waals surface area contributed by atoms with Crippen LogP contribution in [0.3, 0.4) is 0 Å². The predicted molar refractivity (Wildman–Crippen MR) is 56.5 cm³/mol. The molecule has 1 unspecified atom stereocenters. The van der Waals surface area contributed by atoms with Crippen LogP contribution < -0.4 is 0 Å². The van der Waals surface area contributed by atoms with Gasteiger partial charge in [-0.1, -0.05) is 13.8 Å². The Hall–Kier alpha value is -1.01. The van der Waals surface area contributed by atoms with Gasteiger partial charge in [0.15, 0.2) is 5.72 Å². The minimum absolute atomic E-state index is 0.297. The van der Waals surface area contributed by atoms with E-state index in [-0.39, 0.29) is 5.97 Å². The average molecular weight is 197 g/mol. The van der Waals surface area contributed by atoms with E-state index in [1.807, 2.05) is 25.7 Å². The molecular formula is C11H19NO2. The van der Waals surface area contributed by atoms with Gasteiger partial charge >= 0.3 is 5.97 Å². The van der Waals surface area contributed by atoms with Crippen molar-refractivity contribution in [2.24, 2.45) is 0 Å². The highest BCUT2D eigenvalue weighted by atomic mass is 16.6. The fraction of sp³-hybridized carbons (Fsp3) is 0.727. The maximum atomic E-state index is 11.0. The molecule has 1 atom stereocenters. The zero-order valence-electron chi connectivity index (χ0n) is 9.46. The van der Waals surface area contributed by atoms with Crippen LogP contribution in [-0.4, -0.2) is 29.7 Å². The molecule has 3 nitrogen and oxygen atoms in total. The molecule has 0 aromatic heterocycles. The fourth-order valence-corrected chi connectivity index (χ4v) is 1.60. The Morgan fingerprint density at radius 2 is 2.00 bits per heavy atom. The van der Waals surface area contributed by atoms with Gasteiger partial charge < -0.3 is 4.74 Å². The third-order valence-electron chi connectivity index (χ3n) is 2.23. The van der Waals surface area contributed by atoms with Crippen LogP contribution in [-0.2, 0) is 9.53 Å². The Bertz CT molecular complexity index is 228. The summed E-state index contributed by atoms with van der Waals surface area (Å²) >= 11 is 0. The van der Waals surface area contributed by atoms with Crippen molar-refractivity contribution in [3.05, 3.63) is 0 Å². The van der Waals surface area contributed by atoms with E-state index in [1.165, 1.54) is 6.92 Å². The second kappa shape index (κ2) is 5.66. The van der Waals surface area contributed by atoms with Crippen LogP contribution in [0.4, 0.5) is 0 Å². The molecule has 0 fully saturated rings. The molecule has 0 aliphatic carbocycles. The lowest BCUT2D eigenvalue weighted by Crippen LogP contribution is -2.49. The highest BCUT2D eigenvalue weighted by molar-refractivity contribution is 5.66. The average Bonchev–Trinajstić information content (AvgIpc) is 2.04. The van der Waals surface area contributed by atoms with Crippen LogP contribution in [0.2, 0.25) is 0 Å². The maximum absolute atomic E-state index is 11.0. The van der Waals surface area contributed by atoms with Gasteiger partial charge in [0.2, 0.25) is 0 Å². The van der Waals surface area contributed by atoms with Crippen LogP contribution >= 0.6 is 0 Å². The van der Waals surface area contributed by atoms with Gasteiger partial charge in [0, 0.05) is 6.92 Å². The van der Waals surface area contributed by atoms with Gasteiger partial charge in [-0.05, 0) is 20.0 Å². The molecule has 0 saturated carbocycles. The SMILES string of the molecule is C#CCC(C)(OC(C)=O)N(CC)CC. The lowest BCUT2D eigenvalue weighted by Gasteiger charge is -2.37. The molecule has 0 N–H and O–H groups in total. The van der Waals surface area contributed by atoms with E-state index in [4.69, 9.17) is 11.2 Å². The van der Waals surface area contributed by atoms with Crippen LogP contribution in [0.15, 0.2) is 0 Å². The second-order valence-corrected chi connectivity index (χ2v) is 3.32. The molecule has 0 aromatic rings. The number of terminal acetylenes is 1. The number of esters is 1. The number of hydrogen-bond donors (Lipinski definition) is 0. The second-order valence-electron chi connectivity index (χ2n) is 3.32. The highest BCUT2D eigenvalue weighted by Crippen LogP contribution is 2.20. The molecule has 0 aliphatic heterocycles. The molecule has 80 valence electrons. The Morgan fingerprint density at radius 3 is 2.29 bits per heavy atom. The Morgan fingerprint density at radius 1 is 1.50 bits per heavy atom. The third-order valence-corrected chi connectivity index (χ3v) is 2.23. The van der Waals surface area contributed by atoms with Crippen molar-refractivity contribution in [3.63, 3.8) is 0 Å². The molecule has 0 aromatic carbocycles. The summed E-state index contributed by atoms with van der Waals surface area (Å²) in [6.45, 7) is 8.90. The molecule has 0 aliphatic rings. The summed E-state index contributed by atoms with van der Waals surface area (Å²) in [4.78, 5) is 13.0. The van der Waals surface area contributed by atoms with Crippen LogP contribution in [0.1, 0.15) is 34.1 Å². The van der Waals surface area contributed by atoms with Crippen molar-refractivity contribution in [1.82, 2.24) is 4.90 Å². The quantitative estimate of drug-likeness (QED) is 0.381. The number of nitrogens with zero attached hydrogens (tertiary/aromatic N) is 1. The van der Waals surface area contributed by atoms with Gasteiger partial charge in [-0.3, -0.25) is 9.69 Å². The lowest BCUT2D eigenvalue weighted by molar-refractivity contribution is -0.176. The zero-order chi connectivity index (χ0) is 11.2. The van der Waals surface area contributed by atoms with E-state index in [0.29, 0.717) is 6.42 Å². The lowest BCUT2D eigenvalue weighted by atomic mass is 10.1. The first kappa shape index (κ1) is 13.0. The minimum Gasteiger partial charge on any atom is -0.443 e. The van der Waals surface area contributed by atoms with Gasteiger partial charge in [0.1, 0.15) is 0 Å². The van der Waals surface area contributed by atoms with Gasteiger partial charge in [-0.15, -0.1) is 12.3 Å². The molecule has 0 amide bonds. The number of carbonyl (C=O) groups is 1. The summed E-state index contributed by atoms with van der Waals surface area (Å²) in [6.07, 6.45) is 5.68. The standard InChI is InChI=1S/C11H19NO2/c1-6-9-11(5,14-10(4)13)12(7-2)8-3/h1H,7-9H2,2-5H3. The summed E-state index contributed by atoms with van der Waals surface area (Å²) in [5.41, 5.74) is -0.663. The molecular weight excluding hydrogens is 178 g/mol. The number of rotatable bonds is 5. The Labute approximate surface area is 86.4 Å². The molecule has 0 radical (unpaired) electrons. The smallest absolute Gasteiger partial charge is 0.304 e. The Kier molecular flexibility index (Phi) is 5.26. The topological polar surface area (TPSA) is 29.5 Å². The van der Waals surface area contributed by atoms with Gasteiger partial charge in [0.25, 0.3) is 0 Å². The first-order valence-electron chi connectivity index (χ1n) is 4.88. The van der Waals surface area contributed by atoms with Crippen molar-refractivity contribution < 1.29 is 9.53 Å². The van der Waals surface area contributed by atoms with Crippen LogP contribution in [0.25, 0.3) is 0 Å². The summed E-state index contributed by atoms with van der Waals surface area (Å²) < 4.78 is 5.27. The van der Waals surface area contributed by atoms with Crippen molar-refractivity contribution in [2.75, 3.05) is 13.1 Å². The summed E-state index contributed by atoms with van der Waals surface area (Å²) in [5, 5.41) is 0. The van der Waals surface area contributed by atoms with Crippen molar-refractivity contribution in [3.8, 4) is 12.3 Å². The zero-order valence-corrected chi connectivity index (χ0v) is 9.46. The first-order chi connectivity index (χ1) is 6.50. The van der Waals surface area contributed by atoms with Gasteiger partial charge in [-0.2, -0.15) is 0 Å². The monoisotopic (exact) mass is 197 g/mol. The Balaban J connectivity index is 4.68. The van der Waals surface area contributed by atoms with E-state index in [2.05, 4.69) is 5.92 Å². The minimum atomic E-state index is -0.663. The van der Waals surface area contributed by atoms with Crippen molar-refractivity contribution in [1.29, 1.82) is 0 Å². The number of hydrogen-bond acceptors (Lipinski definition) is 3. The largest absolute Gasteiger partial charge is 0.443 e. The third kappa shape index (κ3) is 3.39. The van der Waals surface area contributed by atoms with Gasteiger partial charge in [0.05, 0.1) is 6.42 Å². The molecule has 0 heterocycles. The molecule has 3 heteroatoms. The number of carbonyl (C=O) groups excluding carboxylic acids is 1. The molecule has 0 spiro atoms. The van der Waals surface area contributed by atoms with E-state index in [0.717, 1.165) is 13.1 Å². The maximum Gasteiger partial charge on any atom is 0.304 e. The molecule has 0 saturated heterocycles. The molecule has 0 bridgehead atoms. The van der Waals surface area contributed by atoms with Crippen LogP contribution in [0.5, 0.6) is 0 Å². The van der Waals surface area contributed by atoms with E-state index >= 15 is 0 Å². The van der Waals surface area contributed by atoms with E-state index < -0.39 is 5.72 Å².